The first-order chi connectivity index (χ1) is 15.2. The molecule has 3 aromatic rings. The lowest BCUT2D eigenvalue weighted by Gasteiger charge is -2.19. The van der Waals surface area contributed by atoms with Crippen LogP contribution in [0, 0.1) is 20.8 Å². The number of anilines is 2. The Bertz CT molecular complexity index is 1270. The van der Waals surface area contributed by atoms with Gasteiger partial charge in [-0.1, -0.05) is 18.5 Å². The zero-order valence-corrected chi connectivity index (χ0v) is 19.3. The van der Waals surface area contributed by atoms with E-state index in [0.29, 0.717) is 28.3 Å². The third-order valence-electron chi connectivity index (χ3n) is 5.51. The Morgan fingerprint density at radius 3 is 2.66 bits per heavy atom. The van der Waals surface area contributed by atoms with E-state index in [-0.39, 0.29) is 23.6 Å². The summed E-state index contributed by atoms with van der Waals surface area (Å²) in [5.41, 5.74) is 10.6. The van der Waals surface area contributed by atoms with Crippen LogP contribution in [0.3, 0.4) is 0 Å². The quantitative estimate of drug-likeness (QED) is 0.448. The molecule has 0 saturated heterocycles. The predicted octanol–water partition coefficient (Wildman–Crippen LogP) is 3.41. The smallest absolute Gasteiger partial charge is 0.260 e. The number of halogens is 1. The Hall–Kier alpha value is -3.46. The van der Waals surface area contributed by atoms with Gasteiger partial charge in [0.1, 0.15) is 16.7 Å². The standard InChI is InChI=1S/C22H24ClN7O2/c1-6-16-26-12(4)14(27-16)7-13-17-19(23)28-22(24)29-20(17)30(21(13)31)9-15-11(3)18(32-5)10(2)8-25-15/h7-8H,6,9H2,1-5H3,(H,26,27)(H2,24,28,29)/b13-7-. The fourth-order valence-corrected chi connectivity index (χ4v) is 4.13. The number of rotatable bonds is 5. The van der Waals surface area contributed by atoms with E-state index in [9.17, 15) is 4.79 Å². The van der Waals surface area contributed by atoms with Crippen molar-refractivity contribution in [3.63, 3.8) is 0 Å². The highest BCUT2D eigenvalue weighted by molar-refractivity contribution is 6.41. The third kappa shape index (κ3) is 3.58. The number of carbonyl (C=O) groups is 1. The summed E-state index contributed by atoms with van der Waals surface area (Å²) in [6.45, 7) is 7.92. The topological polar surface area (TPSA) is 123 Å². The average molecular weight is 454 g/mol. The second kappa shape index (κ2) is 8.23. The molecule has 0 fully saturated rings. The number of aromatic nitrogens is 5. The fraction of sp³-hybridized carbons (Fsp3) is 0.318. The lowest BCUT2D eigenvalue weighted by molar-refractivity contribution is -0.113. The number of aryl methyl sites for hydroxylation is 3. The van der Waals surface area contributed by atoms with Crippen molar-refractivity contribution in [1.29, 1.82) is 0 Å². The van der Waals surface area contributed by atoms with Gasteiger partial charge in [-0.2, -0.15) is 4.98 Å². The maximum absolute atomic E-state index is 13.5. The van der Waals surface area contributed by atoms with Crippen molar-refractivity contribution >= 4 is 40.9 Å². The van der Waals surface area contributed by atoms with Gasteiger partial charge in [0.05, 0.1) is 36.2 Å². The summed E-state index contributed by atoms with van der Waals surface area (Å²) in [6.07, 6.45) is 4.19. The minimum Gasteiger partial charge on any atom is -0.496 e. The average Bonchev–Trinajstić information content (AvgIpc) is 3.22. The number of fused-ring (bicyclic) bond motifs is 1. The summed E-state index contributed by atoms with van der Waals surface area (Å²) in [7, 11) is 1.61. The molecular weight excluding hydrogens is 430 g/mol. The Morgan fingerprint density at radius 1 is 1.25 bits per heavy atom. The molecule has 0 saturated carbocycles. The summed E-state index contributed by atoms with van der Waals surface area (Å²) in [5.74, 6) is 1.63. The van der Waals surface area contributed by atoms with Crippen molar-refractivity contribution in [2.75, 3.05) is 17.7 Å². The molecule has 4 rings (SSSR count). The number of H-pyrrole nitrogens is 1. The molecule has 0 radical (unpaired) electrons. The van der Waals surface area contributed by atoms with Crippen molar-refractivity contribution in [1.82, 2.24) is 24.9 Å². The van der Waals surface area contributed by atoms with Gasteiger partial charge < -0.3 is 15.5 Å². The zero-order valence-electron chi connectivity index (χ0n) is 18.6. The van der Waals surface area contributed by atoms with Crippen LogP contribution in [0.5, 0.6) is 5.75 Å². The number of pyridine rings is 1. The summed E-state index contributed by atoms with van der Waals surface area (Å²) in [5, 5.41) is 0.115. The number of methoxy groups -OCH3 is 1. The molecule has 0 spiro atoms. The highest BCUT2D eigenvalue weighted by Crippen LogP contribution is 2.41. The number of nitrogen functional groups attached to an aromatic ring is 1. The lowest BCUT2D eigenvalue weighted by atomic mass is 10.1. The number of nitrogens with two attached hydrogens (primary N) is 1. The van der Waals surface area contributed by atoms with Crippen molar-refractivity contribution in [2.24, 2.45) is 0 Å². The first kappa shape index (κ1) is 21.8. The molecule has 4 heterocycles. The van der Waals surface area contributed by atoms with Gasteiger partial charge in [-0.3, -0.25) is 14.7 Å². The Balaban J connectivity index is 1.84. The van der Waals surface area contributed by atoms with Crippen LogP contribution in [0.4, 0.5) is 11.8 Å². The Kier molecular flexibility index (Phi) is 5.60. The number of nitrogens with one attached hydrogen (secondary N) is 1. The summed E-state index contributed by atoms with van der Waals surface area (Å²) in [6, 6.07) is 0. The van der Waals surface area contributed by atoms with Crippen molar-refractivity contribution in [3.8, 4) is 5.75 Å². The van der Waals surface area contributed by atoms with Crippen LogP contribution in [-0.2, 0) is 17.8 Å². The first-order valence-corrected chi connectivity index (χ1v) is 10.5. The van der Waals surface area contributed by atoms with Gasteiger partial charge in [-0.15, -0.1) is 0 Å². The van der Waals surface area contributed by atoms with Crippen molar-refractivity contribution in [3.05, 3.63) is 50.9 Å². The van der Waals surface area contributed by atoms with E-state index < -0.39 is 0 Å². The lowest BCUT2D eigenvalue weighted by Crippen LogP contribution is -2.27. The number of hydrogen-bond donors (Lipinski definition) is 2. The molecule has 3 N–H and O–H groups in total. The predicted molar refractivity (Wildman–Crippen MR) is 123 cm³/mol. The third-order valence-corrected chi connectivity index (χ3v) is 5.78. The molecular formula is C22H24ClN7O2. The van der Waals surface area contributed by atoms with E-state index in [1.54, 1.807) is 19.4 Å². The van der Waals surface area contributed by atoms with E-state index >= 15 is 0 Å². The molecule has 3 aromatic heterocycles. The number of nitrogens with zero attached hydrogens (tertiary/aromatic N) is 5. The van der Waals surface area contributed by atoms with Gasteiger partial charge in [-0.25, -0.2) is 9.97 Å². The molecule has 32 heavy (non-hydrogen) atoms. The number of hydrogen-bond acceptors (Lipinski definition) is 7. The van der Waals surface area contributed by atoms with Crippen LogP contribution in [0.15, 0.2) is 6.20 Å². The molecule has 0 atom stereocenters. The maximum Gasteiger partial charge on any atom is 0.260 e. The van der Waals surface area contributed by atoms with Crippen LogP contribution < -0.4 is 15.4 Å². The van der Waals surface area contributed by atoms with Crippen LogP contribution >= 0.6 is 11.6 Å². The Labute approximate surface area is 190 Å². The van der Waals surface area contributed by atoms with Crippen LogP contribution in [0.2, 0.25) is 5.15 Å². The Morgan fingerprint density at radius 2 is 2.00 bits per heavy atom. The number of ether oxygens (including phenoxy) is 1. The molecule has 10 heteroatoms. The van der Waals surface area contributed by atoms with E-state index in [1.807, 2.05) is 27.7 Å². The summed E-state index contributed by atoms with van der Waals surface area (Å²) >= 11 is 6.43. The normalized spacial score (nSPS) is 14.4. The van der Waals surface area contributed by atoms with Gasteiger partial charge >= 0.3 is 0 Å². The maximum atomic E-state index is 13.5. The molecule has 1 aliphatic rings. The highest BCUT2D eigenvalue weighted by Gasteiger charge is 2.37. The second-order valence-corrected chi connectivity index (χ2v) is 7.97. The van der Waals surface area contributed by atoms with E-state index in [2.05, 4.69) is 24.9 Å². The van der Waals surface area contributed by atoms with Crippen LogP contribution in [-0.4, -0.2) is 37.9 Å². The van der Waals surface area contributed by atoms with Crippen molar-refractivity contribution < 1.29 is 9.53 Å². The first-order valence-electron chi connectivity index (χ1n) is 10.2. The molecule has 9 nitrogen and oxygen atoms in total. The summed E-state index contributed by atoms with van der Waals surface area (Å²) in [4.78, 5) is 35.8. The van der Waals surface area contributed by atoms with Crippen molar-refractivity contribution in [2.45, 2.75) is 40.7 Å². The molecule has 166 valence electrons. The van der Waals surface area contributed by atoms with E-state index in [1.165, 1.54) is 4.90 Å². The van der Waals surface area contributed by atoms with Crippen LogP contribution in [0.1, 0.15) is 46.5 Å². The largest absolute Gasteiger partial charge is 0.496 e. The molecule has 1 aliphatic heterocycles. The van der Waals surface area contributed by atoms with Gasteiger partial charge in [0.15, 0.2) is 5.82 Å². The van der Waals surface area contributed by atoms with Gasteiger partial charge in [0, 0.05) is 29.4 Å². The van der Waals surface area contributed by atoms with Crippen LogP contribution in [0.25, 0.3) is 11.6 Å². The number of imidazole rings is 1. The number of aromatic amines is 1. The summed E-state index contributed by atoms with van der Waals surface area (Å²) < 4.78 is 5.51. The molecule has 0 aromatic carbocycles. The second-order valence-electron chi connectivity index (χ2n) is 7.61. The van der Waals surface area contributed by atoms with E-state index in [4.69, 9.17) is 22.1 Å². The molecule has 0 unspecified atom stereocenters. The molecule has 0 aliphatic carbocycles. The number of amides is 1. The molecule has 0 bridgehead atoms. The number of carbonyl (C=O) groups excluding carboxylic acids is 1. The zero-order chi connectivity index (χ0) is 23.2. The minimum atomic E-state index is -0.275. The SMILES string of the molecule is CCc1nc(/C=C2\C(=O)N(Cc3ncc(C)c(OC)c3C)c3nc(N)nc(Cl)c32)c(C)[nH]1. The van der Waals surface area contributed by atoms with E-state index in [0.717, 1.165) is 34.8 Å². The minimum absolute atomic E-state index is 0.0109. The fourth-order valence-electron chi connectivity index (χ4n) is 3.86. The van der Waals surface area contributed by atoms with Gasteiger partial charge in [-0.05, 0) is 26.8 Å². The monoisotopic (exact) mass is 453 g/mol. The van der Waals surface area contributed by atoms with Gasteiger partial charge in [0.25, 0.3) is 5.91 Å². The molecule has 1 amide bonds. The highest BCUT2D eigenvalue weighted by atomic mass is 35.5. The van der Waals surface area contributed by atoms with Gasteiger partial charge in [0.2, 0.25) is 5.95 Å².